The highest BCUT2D eigenvalue weighted by atomic mass is 15.0. The van der Waals surface area contributed by atoms with Gasteiger partial charge in [0.25, 0.3) is 0 Å². The Labute approximate surface area is 195 Å². The third-order valence-corrected chi connectivity index (χ3v) is 6.03. The molecule has 1 aliphatic heterocycles. The summed E-state index contributed by atoms with van der Waals surface area (Å²) in [5.74, 6) is 0. The molecule has 0 spiro atoms. The molecule has 0 unspecified atom stereocenters. The first-order valence-electron chi connectivity index (χ1n) is 11.6. The number of fused-ring (bicyclic) bond motifs is 4. The quantitative estimate of drug-likeness (QED) is 0.297. The van der Waals surface area contributed by atoms with E-state index in [4.69, 9.17) is 0 Å². The van der Waals surface area contributed by atoms with Crippen LogP contribution in [0.3, 0.4) is 0 Å². The summed E-state index contributed by atoms with van der Waals surface area (Å²) < 4.78 is 2.35. The van der Waals surface area contributed by atoms with Crippen LogP contribution in [-0.4, -0.2) is 4.57 Å². The lowest BCUT2D eigenvalue weighted by Crippen LogP contribution is -1.96. The number of allylic oxidation sites excluding steroid dienone is 3. The van der Waals surface area contributed by atoms with Crippen LogP contribution < -0.4 is 5.32 Å². The third-order valence-electron chi connectivity index (χ3n) is 6.03. The van der Waals surface area contributed by atoms with E-state index < -0.39 is 0 Å². The molecule has 0 saturated carbocycles. The van der Waals surface area contributed by atoms with Gasteiger partial charge < -0.3 is 9.88 Å². The van der Waals surface area contributed by atoms with Crippen LogP contribution in [0.1, 0.15) is 26.3 Å². The summed E-state index contributed by atoms with van der Waals surface area (Å²) in [6.45, 7) is 6.09. The van der Waals surface area contributed by atoms with Crippen LogP contribution in [0.4, 0.5) is 5.69 Å². The van der Waals surface area contributed by atoms with Crippen molar-refractivity contribution in [2.75, 3.05) is 5.32 Å². The lowest BCUT2D eigenvalue weighted by Gasteiger charge is -2.11. The summed E-state index contributed by atoms with van der Waals surface area (Å²) in [5, 5.41) is 6.02. The Morgan fingerprint density at radius 2 is 1.36 bits per heavy atom. The summed E-state index contributed by atoms with van der Waals surface area (Å²) in [6, 6.07) is 32.7. The van der Waals surface area contributed by atoms with Crippen LogP contribution in [0.5, 0.6) is 0 Å². The molecular weight excluding hydrogens is 400 g/mol. The molecule has 0 aliphatic carbocycles. The van der Waals surface area contributed by atoms with E-state index >= 15 is 0 Å². The maximum Gasteiger partial charge on any atom is 0.0541 e. The number of benzene rings is 4. The molecule has 0 atom stereocenters. The number of hydrogen-bond donors (Lipinski definition) is 1. The SMILES string of the molecule is CC.CC1=CC=Cc2cc(-c3ccc4c(c3)c3ccccc3n4-c3ccccc3)ccc2N1. The van der Waals surface area contributed by atoms with Gasteiger partial charge in [-0.05, 0) is 72.2 Å². The van der Waals surface area contributed by atoms with Gasteiger partial charge in [0.05, 0.1) is 11.0 Å². The first-order chi connectivity index (χ1) is 16.3. The predicted molar refractivity (Wildman–Crippen MR) is 144 cm³/mol. The lowest BCUT2D eigenvalue weighted by atomic mass is 9.99. The molecule has 0 bridgehead atoms. The average Bonchev–Trinajstić information content (AvgIpc) is 3.08. The van der Waals surface area contributed by atoms with E-state index in [1.165, 1.54) is 44.2 Å². The van der Waals surface area contributed by atoms with E-state index in [-0.39, 0.29) is 0 Å². The van der Waals surface area contributed by atoms with E-state index in [9.17, 15) is 0 Å². The van der Waals surface area contributed by atoms with E-state index in [0.29, 0.717) is 0 Å². The summed E-state index contributed by atoms with van der Waals surface area (Å²) in [6.07, 6.45) is 6.38. The third kappa shape index (κ3) is 3.74. The molecule has 2 heterocycles. The molecule has 162 valence electrons. The molecular formula is C31H28N2. The minimum absolute atomic E-state index is 1.15. The number of aromatic nitrogens is 1. The highest BCUT2D eigenvalue weighted by Crippen LogP contribution is 2.36. The predicted octanol–water partition coefficient (Wildman–Crippen LogP) is 8.82. The average molecular weight is 429 g/mol. The molecule has 1 N–H and O–H groups in total. The zero-order chi connectivity index (χ0) is 22.8. The Kier molecular flexibility index (Phi) is 5.58. The highest BCUT2D eigenvalue weighted by Gasteiger charge is 2.13. The van der Waals surface area contributed by atoms with E-state index in [1.807, 2.05) is 13.8 Å². The molecule has 5 aromatic rings. The van der Waals surface area contributed by atoms with Gasteiger partial charge in [-0.15, -0.1) is 0 Å². The Hall–Kier alpha value is -4.04. The van der Waals surface area contributed by atoms with Crippen molar-refractivity contribution < 1.29 is 0 Å². The van der Waals surface area contributed by atoms with Crippen LogP contribution in [0, 0.1) is 0 Å². The van der Waals surface area contributed by atoms with Crippen LogP contribution in [0.15, 0.2) is 109 Å². The number of nitrogens with zero attached hydrogens (tertiary/aromatic N) is 1. The fraction of sp³-hybridized carbons (Fsp3) is 0.0968. The van der Waals surface area contributed by atoms with Gasteiger partial charge >= 0.3 is 0 Å². The molecule has 0 fully saturated rings. The van der Waals surface area contributed by atoms with Crippen molar-refractivity contribution in [1.29, 1.82) is 0 Å². The minimum Gasteiger partial charge on any atom is -0.359 e. The second-order valence-corrected chi connectivity index (χ2v) is 8.06. The molecule has 4 aromatic carbocycles. The van der Waals surface area contributed by atoms with Crippen LogP contribution in [0.2, 0.25) is 0 Å². The second-order valence-electron chi connectivity index (χ2n) is 8.06. The Balaban J connectivity index is 0.00000111. The molecule has 0 saturated heterocycles. The summed E-state index contributed by atoms with van der Waals surface area (Å²) >= 11 is 0. The number of nitrogens with one attached hydrogen (secondary N) is 1. The van der Waals surface area contributed by atoms with Crippen molar-refractivity contribution in [2.24, 2.45) is 0 Å². The van der Waals surface area contributed by atoms with Crippen molar-refractivity contribution >= 4 is 33.6 Å². The number of anilines is 1. The molecule has 0 radical (unpaired) electrons. The lowest BCUT2D eigenvalue weighted by molar-refractivity contribution is 1.18. The minimum atomic E-state index is 1.15. The van der Waals surface area contributed by atoms with Gasteiger partial charge in [-0.25, -0.2) is 0 Å². The van der Waals surface area contributed by atoms with Crippen LogP contribution >= 0.6 is 0 Å². The van der Waals surface area contributed by atoms with Crippen molar-refractivity contribution in [3.8, 4) is 16.8 Å². The van der Waals surface area contributed by atoms with Gasteiger partial charge in [0, 0.05) is 27.8 Å². The molecule has 1 aliphatic rings. The van der Waals surface area contributed by atoms with Gasteiger partial charge in [0.2, 0.25) is 0 Å². The topological polar surface area (TPSA) is 17.0 Å². The summed E-state index contributed by atoms with van der Waals surface area (Å²) in [7, 11) is 0. The maximum absolute atomic E-state index is 3.47. The second kappa shape index (κ2) is 8.84. The summed E-state index contributed by atoms with van der Waals surface area (Å²) in [5.41, 5.74) is 9.61. The first kappa shape index (κ1) is 20.8. The standard InChI is InChI=1S/C29H22N2.C2H6/c1-20-8-7-9-23-18-21(14-16-27(23)30-20)22-15-17-29-26(19-22)25-12-5-6-13-28(25)31(29)24-10-3-2-4-11-24;1-2/h2-19,30H,1H3;1-2H3. The normalized spacial score (nSPS) is 12.4. The van der Waals surface area contributed by atoms with Gasteiger partial charge in [-0.1, -0.05) is 74.5 Å². The fourth-order valence-electron chi connectivity index (χ4n) is 4.55. The Bertz CT molecular complexity index is 1500. The zero-order valence-electron chi connectivity index (χ0n) is 19.3. The molecule has 0 amide bonds. The van der Waals surface area contributed by atoms with Crippen molar-refractivity contribution in [3.05, 3.63) is 114 Å². The van der Waals surface area contributed by atoms with Crippen molar-refractivity contribution in [1.82, 2.24) is 4.57 Å². The number of rotatable bonds is 2. The Morgan fingerprint density at radius 1 is 0.667 bits per heavy atom. The van der Waals surface area contributed by atoms with Gasteiger partial charge in [0.1, 0.15) is 0 Å². The maximum atomic E-state index is 3.47. The van der Waals surface area contributed by atoms with Crippen molar-refractivity contribution in [2.45, 2.75) is 20.8 Å². The molecule has 6 rings (SSSR count). The van der Waals surface area contributed by atoms with E-state index in [1.54, 1.807) is 0 Å². The van der Waals surface area contributed by atoms with Gasteiger partial charge in [0.15, 0.2) is 0 Å². The van der Waals surface area contributed by atoms with Gasteiger partial charge in [-0.3, -0.25) is 0 Å². The number of hydrogen-bond acceptors (Lipinski definition) is 1. The first-order valence-corrected chi connectivity index (χ1v) is 11.6. The largest absolute Gasteiger partial charge is 0.359 e. The molecule has 2 nitrogen and oxygen atoms in total. The van der Waals surface area contributed by atoms with Gasteiger partial charge in [-0.2, -0.15) is 0 Å². The molecule has 33 heavy (non-hydrogen) atoms. The smallest absolute Gasteiger partial charge is 0.0541 e. The summed E-state index contributed by atoms with van der Waals surface area (Å²) in [4.78, 5) is 0. The number of para-hydroxylation sites is 2. The van der Waals surface area contributed by atoms with Crippen LogP contribution in [-0.2, 0) is 0 Å². The highest BCUT2D eigenvalue weighted by molar-refractivity contribution is 6.10. The van der Waals surface area contributed by atoms with Crippen LogP contribution in [0.25, 0.3) is 44.7 Å². The fourth-order valence-corrected chi connectivity index (χ4v) is 4.55. The molecule has 1 aromatic heterocycles. The zero-order valence-corrected chi connectivity index (χ0v) is 19.3. The van der Waals surface area contributed by atoms with Crippen molar-refractivity contribution in [3.63, 3.8) is 0 Å². The molecule has 2 heteroatoms. The van der Waals surface area contributed by atoms with E-state index in [2.05, 4.69) is 126 Å². The monoisotopic (exact) mass is 428 g/mol. The van der Waals surface area contributed by atoms with E-state index in [0.717, 1.165) is 11.4 Å². The Morgan fingerprint density at radius 3 is 2.21 bits per heavy atom.